The van der Waals surface area contributed by atoms with Crippen LogP contribution in [-0.2, 0) is 4.74 Å². The van der Waals surface area contributed by atoms with Crippen molar-refractivity contribution in [3.8, 4) is 17.2 Å². The highest BCUT2D eigenvalue weighted by atomic mass is 16.6. The summed E-state index contributed by atoms with van der Waals surface area (Å²) >= 11 is 0. The lowest BCUT2D eigenvalue weighted by Gasteiger charge is -2.12. The van der Waals surface area contributed by atoms with Gasteiger partial charge in [0.25, 0.3) is 0 Å². The van der Waals surface area contributed by atoms with E-state index in [1.807, 2.05) is 37.3 Å². The molecule has 0 amide bonds. The van der Waals surface area contributed by atoms with Gasteiger partial charge in [-0.3, -0.25) is 0 Å². The summed E-state index contributed by atoms with van der Waals surface area (Å²) in [5.41, 5.74) is 1.27. The number of benzene rings is 2. The van der Waals surface area contributed by atoms with Crippen molar-refractivity contribution in [1.82, 2.24) is 0 Å². The van der Waals surface area contributed by atoms with Crippen LogP contribution in [0, 0.1) is 0 Å². The zero-order valence-electron chi connectivity index (χ0n) is 15.5. The number of methoxy groups -OCH3 is 1. The number of aromatic carboxylic acids is 1. The second-order valence-corrected chi connectivity index (χ2v) is 5.55. The monoisotopic (exact) mass is 372 g/mol. The topological polar surface area (TPSA) is 74.2 Å². The summed E-state index contributed by atoms with van der Waals surface area (Å²) in [6.07, 6.45) is 3.95. The Morgan fingerprint density at radius 3 is 2.30 bits per heavy atom. The molecule has 6 heteroatoms. The van der Waals surface area contributed by atoms with E-state index in [-0.39, 0.29) is 5.56 Å². The maximum atomic E-state index is 10.8. The van der Waals surface area contributed by atoms with E-state index in [4.69, 9.17) is 24.1 Å². The van der Waals surface area contributed by atoms with Crippen LogP contribution >= 0.6 is 0 Å². The van der Waals surface area contributed by atoms with Gasteiger partial charge in [-0.2, -0.15) is 0 Å². The molecule has 0 aliphatic heterocycles. The van der Waals surface area contributed by atoms with Gasteiger partial charge in [-0.25, -0.2) is 4.79 Å². The van der Waals surface area contributed by atoms with Crippen LogP contribution in [0.4, 0.5) is 0 Å². The van der Waals surface area contributed by atoms with Gasteiger partial charge in [0, 0.05) is 0 Å². The smallest absolute Gasteiger partial charge is 0.335 e. The third kappa shape index (κ3) is 6.67. The fraction of sp³-hybridized carbons (Fsp3) is 0.286. The van der Waals surface area contributed by atoms with Gasteiger partial charge in [0.05, 0.1) is 25.9 Å². The van der Waals surface area contributed by atoms with Crippen LogP contribution in [0.3, 0.4) is 0 Å². The molecule has 0 saturated heterocycles. The first-order chi connectivity index (χ1) is 13.1. The molecule has 27 heavy (non-hydrogen) atoms. The molecule has 0 bridgehead atoms. The molecule has 0 saturated carbocycles. The SMILES string of the molecule is C/C=C/c1ccc(OCCOCCOc2ccc(C(=O)O)cc2)c(OC)c1. The van der Waals surface area contributed by atoms with E-state index in [2.05, 4.69) is 0 Å². The van der Waals surface area contributed by atoms with E-state index >= 15 is 0 Å². The first-order valence-corrected chi connectivity index (χ1v) is 8.61. The first kappa shape index (κ1) is 20.3. The van der Waals surface area contributed by atoms with Gasteiger partial charge >= 0.3 is 5.97 Å². The Hall–Kier alpha value is -2.99. The summed E-state index contributed by atoms with van der Waals surface area (Å²) in [7, 11) is 1.61. The van der Waals surface area contributed by atoms with E-state index in [0.717, 1.165) is 5.56 Å². The zero-order valence-corrected chi connectivity index (χ0v) is 15.5. The van der Waals surface area contributed by atoms with Crippen LogP contribution in [0.2, 0.25) is 0 Å². The Morgan fingerprint density at radius 2 is 1.67 bits per heavy atom. The van der Waals surface area contributed by atoms with E-state index in [0.29, 0.717) is 43.7 Å². The van der Waals surface area contributed by atoms with Gasteiger partial charge < -0.3 is 24.1 Å². The number of allylic oxidation sites excluding steroid dienone is 1. The Balaban J connectivity index is 1.65. The fourth-order valence-corrected chi connectivity index (χ4v) is 2.32. The van der Waals surface area contributed by atoms with Crippen molar-refractivity contribution in [3.05, 3.63) is 59.7 Å². The summed E-state index contributed by atoms with van der Waals surface area (Å²) in [6, 6.07) is 12.0. The molecule has 144 valence electrons. The third-order valence-corrected chi connectivity index (χ3v) is 3.63. The molecule has 0 fully saturated rings. The highest BCUT2D eigenvalue weighted by molar-refractivity contribution is 5.87. The van der Waals surface area contributed by atoms with Crippen LogP contribution in [0.1, 0.15) is 22.8 Å². The van der Waals surface area contributed by atoms with Gasteiger partial charge in [-0.15, -0.1) is 0 Å². The number of hydrogen-bond acceptors (Lipinski definition) is 5. The van der Waals surface area contributed by atoms with Crippen molar-refractivity contribution < 1.29 is 28.8 Å². The molecule has 2 aromatic rings. The molecule has 1 N–H and O–H groups in total. The number of carbonyl (C=O) groups is 1. The van der Waals surface area contributed by atoms with E-state index < -0.39 is 5.97 Å². The highest BCUT2D eigenvalue weighted by Gasteiger charge is 2.05. The first-order valence-electron chi connectivity index (χ1n) is 8.61. The molecule has 2 rings (SSSR count). The maximum absolute atomic E-state index is 10.8. The molecule has 0 atom stereocenters. The molecule has 0 radical (unpaired) electrons. The van der Waals surface area contributed by atoms with Crippen molar-refractivity contribution in [1.29, 1.82) is 0 Å². The molecule has 0 aromatic heterocycles. The van der Waals surface area contributed by atoms with Gasteiger partial charge in [0.15, 0.2) is 11.5 Å². The Morgan fingerprint density at radius 1 is 0.963 bits per heavy atom. The van der Waals surface area contributed by atoms with Crippen LogP contribution < -0.4 is 14.2 Å². The molecule has 0 spiro atoms. The van der Waals surface area contributed by atoms with Crippen LogP contribution in [0.15, 0.2) is 48.5 Å². The molecule has 0 aliphatic carbocycles. The standard InChI is InChI=1S/C21H24O6/c1-3-4-16-5-10-19(20(15-16)24-2)27-14-12-25-11-13-26-18-8-6-17(7-9-18)21(22)23/h3-10,15H,11-14H2,1-2H3,(H,22,23)/b4-3+. The maximum Gasteiger partial charge on any atom is 0.335 e. The molecule has 2 aromatic carbocycles. The van der Waals surface area contributed by atoms with Gasteiger partial charge in [-0.1, -0.05) is 18.2 Å². The lowest BCUT2D eigenvalue weighted by Crippen LogP contribution is -2.12. The zero-order chi connectivity index (χ0) is 19.5. The number of rotatable bonds is 11. The average Bonchev–Trinajstić information content (AvgIpc) is 2.68. The summed E-state index contributed by atoms with van der Waals surface area (Å²) in [5.74, 6) is 0.992. The number of carboxylic acid groups (broad SMARTS) is 1. The molecule has 0 unspecified atom stereocenters. The van der Waals surface area contributed by atoms with Crippen molar-refractivity contribution in [2.24, 2.45) is 0 Å². The number of ether oxygens (including phenoxy) is 4. The van der Waals surface area contributed by atoms with E-state index in [1.165, 1.54) is 12.1 Å². The predicted octanol–water partition coefficient (Wildman–Crippen LogP) is 3.90. The van der Waals surface area contributed by atoms with Gasteiger partial charge in [-0.05, 0) is 48.9 Å². The Bertz CT molecular complexity index is 752. The molecular formula is C21H24O6. The molecule has 6 nitrogen and oxygen atoms in total. The van der Waals surface area contributed by atoms with Crippen molar-refractivity contribution in [2.45, 2.75) is 6.92 Å². The van der Waals surface area contributed by atoms with Gasteiger partial charge in [0.1, 0.15) is 19.0 Å². The van der Waals surface area contributed by atoms with Crippen LogP contribution in [-0.4, -0.2) is 44.6 Å². The Kier molecular flexibility index (Phi) is 8.19. The normalized spacial score (nSPS) is 10.7. The fourth-order valence-electron chi connectivity index (χ4n) is 2.32. The largest absolute Gasteiger partial charge is 0.493 e. The lowest BCUT2D eigenvalue weighted by atomic mass is 10.2. The van der Waals surface area contributed by atoms with Crippen molar-refractivity contribution in [2.75, 3.05) is 33.5 Å². The minimum atomic E-state index is -0.960. The average molecular weight is 372 g/mol. The highest BCUT2D eigenvalue weighted by Crippen LogP contribution is 2.28. The summed E-state index contributed by atoms with van der Waals surface area (Å²) in [4.78, 5) is 10.8. The van der Waals surface area contributed by atoms with Crippen molar-refractivity contribution in [3.63, 3.8) is 0 Å². The summed E-state index contributed by atoms with van der Waals surface area (Å²) in [5, 5.41) is 8.84. The van der Waals surface area contributed by atoms with E-state index in [9.17, 15) is 4.79 Å². The van der Waals surface area contributed by atoms with Gasteiger partial charge in [0.2, 0.25) is 0 Å². The summed E-state index contributed by atoms with van der Waals surface area (Å²) < 4.78 is 22.0. The number of carboxylic acids is 1. The second kappa shape index (κ2) is 10.9. The molecule has 0 aliphatic rings. The number of hydrogen-bond donors (Lipinski definition) is 1. The van der Waals surface area contributed by atoms with Crippen LogP contribution in [0.25, 0.3) is 6.08 Å². The predicted molar refractivity (Wildman–Crippen MR) is 103 cm³/mol. The molecular weight excluding hydrogens is 348 g/mol. The third-order valence-electron chi connectivity index (χ3n) is 3.63. The van der Waals surface area contributed by atoms with Crippen molar-refractivity contribution >= 4 is 12.0 Å². The lowest BCUT2D eigenvalue weighted by molar-refractivity contribution is 0.0696. The Labute approximate surface area is 158 Å². The van der Waals surface area contributed by atoms with Crippen LogP contribution in [0.5, 0.6) is 17.2 Å². The summed E-state index contributed by atoms with van der Waals surface area (Å²) in [6.45, 7) is 3.55. The minimum Gasteiger partial charge on any atom is -0.493 e. The molecule has 0 heterocycles. The minimum absolute atomic E-state index is 0.227. The van der Waals surface area contributed by atoms with E-state index in [1.54, 1.807) is 19.2 Å². The second-order valence-electron chi connectivity index (χ2n) is 5.55. The quantitative estimate of drug-likeness (QED) is 0.603.